The smallest absolute Gasteiger partial charge is 0.00643 e. The number of hydrogen-bond acceptors (Lipinski definition) is 1. The number of hydrogen-bond donors (Lipinski definition) is 1. The van der Waals surface area contributed by atoms with Gasteiger partial charge in [0, 0.05) is 6.04 Å². The predicted molar refractivity (Wildman–Crippen MR) is 40.5 cm³/mol. The minimum atomic E-state index is 0.743. The maximum atomic E-state index is 3.49. The first kappa shape index (κ1) is 7.07. The van der Waals surface area contributed by atoms with Crippen LogP contribution >= 0.6 is 0 Å². The van der Waals surface area contributed by atoms with E-state index in [2.05, 4.69) is 19.2 Å². The van der Waals surface area contributed by atoms with Crippen molar-refractivity contribution in [1.82, 2.24) is 5.32 Å². The van der Waals surface area contributed by atoms with Crippen LogP contribution in [0.1, 0.15) is 33.1 Å². The van der Waals surface area contributed by atoms with E-state index in [0.717, 1.165) is 12.0 Å². The fourth-order valence-electron chi connectivity index (χ4n) is 1.37. The van der Waals surface area contributed by atoms with Gasteiger partial charge in [-0.25, -0.2) is 0 Å². The topological polar surface area (TPSA) is 12.0 Å². The Hall–Kier alpha value is -0.0400. The molecule has 1 aliphatic heterocycles. The van der Waals surface area contributed by atoms with Crippen LogP contribution in [0.5, 0.6) is 0 Å². The van der Waals surface area contributed by atoms with E-state index in [4.69, 9.17) is 0 Å². The lowest BCUT2D eigenvalue weighted by Gasteiger charge is -2.16. The summed E-state index contributed by atoms with van der Waals surface area (Å²) in [6, 6.07) is 0.743. The first-order valence-corrected chi connectivity index (χ1v) is 4.04. The van der Waals surface area contributed by atoms with Crippen molar-refractivity contribution in [2.75, 3.05) is 6.54 Å². The van der Waals surface area contributed by atoms with Gasteiger partial charge in [0.1, 0.15) is 0 Å². The van der Waals surface area contributed by atoms with E-state index in [1.165, 1.54) is 25.8 Å². The van der Waals surface area contributed by atoms with Gasteiger partial charge in [-0.3, -0.25) is 0 Å². The zero-order chi connectivity index (χ0) is 6.69. The molecule has 1 heterocycles. The molecule has 1 aliphatic rings. The molecular formula is C8H17N. The fourth-order valence-corrected chi connectivity index (χ4v) is 1.37. The average Bonchev–Trinajstić information content (AvgIpc) is 1.99. The zero-order valence-electron chi connectivity index (χ0n) is 6.48. The Morgan fingerprint density at radius 2 is 2.00 bits per heavy atom. The largest absolute Gasteiger partial charge is 0.314 e. The molecule has 0 aromatic heterocycles. The van der Waals surface area contributed by atoms with Crippen molar-refractivity contribution in [1.29, 1.82) is 0 Å². The molecule has 1 fully saturated rings. The lowest BCUT2D eigenvalue weighted by molar-refractivity contribution is 0.415. The van der Waals surface area contributed by atoms with E-state index in [0.29, 0.717) is 0 Å². The normalized spacial score (nSPS) is 38.0. The van der Waals surface area contributed by atoms with Gasteiger partial charge < -0.3 is 5.32 Å². The Morgan fingerprint density at radius 1 is 1.22 bits per heavy atom. The Morgan fingerprint density at radius 3 is 2.78 bits per heavy atom. The van der Waals surface area contributed by atoms with Crippen LogP contribution in [0.4, 0.5) is 0 Å². The predicted octanol–water partition coefficient (Wildman–Crippen LogP) is 1.78. The van der Waals surface area contributed by atoms with Crippen molar-refractivity contribution >= 4 is 0 Å². The molecule has 0 aliphatic carbocycles. The molecule has 9 heavy (non-hydrogen) atoms. The van der Waals surface area contributed by atoms with Crippen LogP contribution in [0.25, 0.3) is 0 Å². The Bertz CT molecular complexity index is 70.6. The molecule has 54 valence electrons. The maximum Gasteiger partial charge on any atom is 0.00643 e. The first-order valence-electron chi connectivity index (χ1n) is 4.04. The van der Waals surface area contributed by atoms with Crippen LogP contribution in [0.15, 0.2) is 0 Å². The maximum absolute atomic E-state index is 3.49. The van der Waals surface area contributed by atoms with Gasteiger partial charge in [-0.05, 0) is 32.2 Å². The average molecular weight is 127 g/mol. The van der Waals surface area contributed by atoms with Crippen LogP contribution in [0, 0.1) is 5.92 Å². The van der Waals surface area contributed by atoms with Gasteiger partial charge in [-0.1, -0.05) is 13.3 Å². The molecule has 2 atom stereocenters. The summed E-state index contributed by atoms with van der Waals surface area (Å²) in [5.41, 5.74) is 0. The Balaban J connectivity index is 2.32. The Labute approximate surface area is 57.8 Å². The standard InChI is InChI=1S/C8H17N/c1-7-5-3-4-6-9-8(7)2/h7-9H,3-6H2,1-2H3/t7-,8?/m1/s1. The van der Waals surface area contributed by atoms with Crippen molar-refractivity contribution in [2.24, 2.45) is 5.92 Å². The van der Waals surface area contributed by atoms with Gasteiger partial charge in [0.25, 0.3) is 0 Å². The third kappa shape index (κ3) is 1.98. The summed E-state index contributed by atoms with van der Waals surface area (Å²) in [4.78, 5) is 0. The third-order valence-corrected chi connectivity index (χ3v) is 2.41. The minimum absolute atomic E-state index is 0.743. The lowest BCUT2D eigenvalue weighted by atomic mass is 9.99. The van der Waals surface area contributed by atoms with Gasteiger partial charge in [0.05, 0.1) is 0 Å². The Kier molecular flexibility index (Phi) is 2.52. The quantitative estimate of drug-likeness (QED) is 0.523. The molecule has 0 amide bonds. The summed E-state index contributed by atoms with van der Waals surface area (Å²) in [7, 11) is 0. The molecule has 0 radical (unpaired) electrons. The number of nitrogens with one attached hydrogen (secondary N) is 1. The van der Waals surface area contributed by atoms with E-state index in [9.17, 15) is 0 Å². The molecule has 1 nitrogen and oxygen atoms in total. The van der Waals surface area contributed by atoms with Crippen molar-refractivity contribution in [3.63, 3.8) is 0 Å². The minimum Gasteiger partial charge on any atom is -0.314 e. The molecule has 0 aromatic rings. The highest BCUT2D eigenvalue weighted by Crippen LogP contribution is 2.14. The van der Waals surface area contributed by atoms with Gasteiger partial charge in [0.15, 0.2) is 0 Å². The highest BCUT2D eigenvalue weighted by atomic mass is 14.9. The molecule has 1 heteroatoms. The highest BCUT2D eigenvalue weighted by molar-refractivity contribution is 4.71. The monoisotopic (exact) mass is 127 g/mol. The first-order chi connectivity index (χ1) is 4.30. The summed E-state index contributed by atoms with van der Waals surface area (Å²) in [5.74, 6) is 0.882. The summed E-state index contributed by atoms with van der Waals surface area (Å²) in [6.45, 7) is 5.85. The molecule has 1 unspecified atom stereocenters. The fraction of sp³-hybridized carbons (Fsp3) is 1.00. The summed E-state index contributed by atoms with van der Waals surface area (Å²) in [5, 5.41) is 3.49. The van der Waals surface area contributed by atoms with Crippen molar-refractivity contribution in [3.8, 4) is 0 Å². The third-order valence-electron chi connectivity index (χ3n) is 2.41. The molecular weight excluding hydrogens is 110 g/mol. The van der Waals surface area contributed by atoms with Crippen molar-refractivity contribution < 1.29 is 0 Å². The summed E-state index contributed by atoms with van der Waals surface area (Å²) in [6.07, 6.45) is 4.20. The van der Waals surface area contributed by atoms with E-state index in [1.807, 2.05) is 0 Å². The van der Waals surface area contributed by atoms with Crippen molar-refractivity contribution in [3.05, 3.63) is 0 Å². The summed E-state index contributed by atoms with van der Waals surface area (Å²) >= 11 is 0. The molecule has 0 spiro atoms. The van der Waals surface area contributed by atoms with Crippen LogP contribution in [0.3, 0.4) is 0 Å². The molecule has 0 saturated carbocycles. The molecule has 1 saturated heterocycles. The van der Waals surface area contributed by atoms with Crippen molar-refractivity contribution in [2.45, 2.75) is 39.2 Å². The van der Waals surface area contributed by atoms with E-state index >= 15 is 0 Å². The SMILES string of the molecule is CC1NCCCC[C@H]1C. The van der Waals surface area contributed by atoms with Crippen LogP contribution < -0.4 is 5.32 Å². The molecule has 1 rings (SSSR count). The lowest BCUT2D eigenvalue weighted by Crippen LogP contribution is -2.30. The molecule has 0 bridgehead atoms. The van der Waals surface area contributed by atoms with Crippen LogP contribution in [0.2, 0.25) is 0 Å². The second kappa shape index (κ2) is 3.21. The molecule has 0 aromatic carbocycles. The van der Waals surface area contributed by atoms with Gasteiger partial charge >= 0.3 is 0 Å². The zero-order valence-corrected chi connectivity index (χ0v) is 6.48. The second-order valence-corrected chi connectivity index (χ2v) is 3.22. The highest BCUT2D eigenvalue weighted by Gasteiger charge is 2.13. The van der Waals surface area contributed by atoms with E-state index in [1.54, 1.807) is 0 Å². The molecule has 1 N–H and O–H groups in total. The van der Waals surface area contributed by atoms with Crippen LogP contribution in [-0.4, -0.2) is 12.6 Å². The van der Waals surface area contributed by atoms with Gasteiger partial charge in [-0.2, -0.15) is 0 Å². The summed E-state index contributed by atoms with van der Waals surface area (Å²) < 4.78 is 0. The van der Waals surface area contributed by atoms with Crippen LogP contribution in [-0.2, 0) is 0 Å². The van der Waals surface area contributed by atoms with Gasteiger partial charge in [0.2, 0.25) is 0 Å². The number of rotatable bonds is 0. The van der Waals surface area contributed by atoms with Gasteiger partial charge in [-0.15, -0.1) is 0 Å². The van der Waals surface area contributed by atoms with E-state index in [-0.39, 0.29) is 0 Å². The second-order valence-electron chi connectivity index (χ2n) is 3.22. The van der Waals surface area contributed by atoms with E-state index < -0.39 is 0 Å².